The lowest BCUT2D eigenvalue weighted by Crippen LogP contribution is -2.05. The molecule has 4 heteroatoms. The van der Waals surface area contributed by atoms with Gasteiger partial charge in [-0.15, -0.1) is 23.1 Å². The number of aromatic nitrogens is 1. The van der Waals surface area contributed by atoms with Crippen molar-refractivity contribution in [3.05, 3.63) is 40.7 Å². The van der Waals surface area contributed by atoms with Crippen molar-refractivity contribution in [2.45, 2.75) is 5.25 Å². The quantitative estimate of drug-likeness (QED) is 0.812. The molecule has 1 fully saturated rings. The first kappa shape index (κ1) is 11.6. The molecule has 1 atom stereocenters. The summed E-state index contributed by atoms with van der Waals surface area (Å²) in [4.78, 5) is 4.79. The second kappa shape index (κ2) is 5.46. The maximum atomic E-state index is 4.79. The number of rotatable bonds is 2. The van der Waals surface area contributed by atoms with E-state index in [0.717, 1.165) is 5.69 Å². The fourth-order valence-corrected chi connectivity index (χ4v) is 5.64. The predicted octanol–water partition coefficient (Wildman–Crippen LogP) is 4.33. The molecule has 1 nitrogen and oxygen atoms in total. The SMILES string of the molecule is c1ccc(-c2csc(C3CSCCS3)n2)cc1. The zero-order valence-corrected chi connectivity index (χ0v) is 11.8. The minimum Gasteiger partial charge on any atom is -0.240 e. The van der Waals surface area contributed by atoms with Crippen molar-refractivity contribution in [1.82, 2.24) is 4.98 Å². The van der Waals surface area contributed by atoms with Gasteiger partial charge in [0.1, 0.15) is 5.01 Å². The van der Waals surface area contributed by atoms with Crippen LogP contribution in [0.3, 0.4) is 0 Å². The van der Waals surface area contributed by atoms with Gasteiger partial charge in [-0.2, -0.15) is 11.8 Å². The van der Waals surface area contributed by atoms with Crippen LogP contribution in [0.5, 0.6) is 0 Å². The molecular formula is C13H13NS3. The Balaban J connectivity index is 1.83. The first-order valence-corrected chi connectivity index (χ1v) is 8.72. The summed E-state index contributed by atoms with van der Waals surface area (Å²) in [6.07, 6.45) is 0. The molecule has 1 unspecified atom stereocenters. The molecular weight excluding hydrogens is 266 g/mol. The number of benzene rings is 1. The van der Waals surface area contributed by atoms with Gasteiger partial charge >= 0.3 is 0 Å². The Morgan fingerprint density at radius 1 is 1.12 bits per heavy atom. The van der Waals surface area contributed by atoms with Crippen LogP contribution in [0.1, 0.15) is 10.3 Å². The zero-order chi connectivity index (χ0) is 11.5. The highest BCUT2D eigenvalue weighted by Gasteiger charge is 2.19. The number of nitrogens with zero attached hydrogens (tertiary/aromatic N) is 1. The molecule has 2 aromatic rings. The molecule has 0 bridgehead atoms. The van der Waals surface area contributed by atoms with Crippen LogP contribution in [-0.4, -0.2) is 22.2 Å². The minimum absolute atomic E-state index is 0.608. The van der Waals surface area contributed by atoms with Gasteiger partial charge in [-0.3, -0.25) is 0 Å². The number of thiazole rings is 1. The highest BCUT2D eigenvalue weighted by atomic mass is 32.2. The van der Waals surface area contributed by atoms with Gasteiger partial charge in [-0.1, -0.05) is 30.3 Å². The molecule has 0 spiro atoms. The standard InChI is InChI=1S/C13H13NS3/c1-2-4-10(5-3-1)11-8-17-13(14-11)12-9-15-6-7-16-12/h1-5,8,12H,6-7,9H2. The lowest BCUT2D eigenvalue weighted by atomic mass is 10.2. The topological polar surface area (TPSA) is 12.9 Å². The average Bonchev–Trinajstić information content (AvgIpc) is 2.90. The summed E-state index contributed by atoms with van der Waals surface area (Å²) >= 11 is 5.91. The zero-order valence-electron chi connectivity index (χ0n) is 9.33. The molecule has 0 aliphatic carbocycles. The van der Waals surface area contributed by atoms with Crippen molar-refractivity contribution in [3.8, 4) is 11.3 Å². The molecule has 2 heterocycles. The van der Waals surface area contributed by atoms with E-state index >= 15 is 0 Å². The van der Waals surface area contributed by atoms with Crippen LogP contribution >= 0.6 is 34.9 Å². The summed E-state index contributed by atoms with van der Waals surface area (Å²) in [7, 11) is 0. The van der Waals surface area contributed by atoms with E-state index in [9.17, 15) is 0 Å². The Labute approximate surface area is 114 Å². The van der Waals surface area contributed by atoms with E-state index in [0.29, 0.717) is 5.25 Å². The van der Waals surface area contributed by atoms with E-state index in [4.69, 9.17) is 4.98 Å². The summed E-state index contributed by atoms with van der Waals surface area (Å²) in [5.41, 5.74) is 2.35. The molecule has 0 saturated carbocycles. The molecule has 1 aromatic heterocycles. The van der Waals surface area contributed by atoms with Crippen LogP contribution in [-0.2, 0) is 0 Å². The molecule has 1 saturated heterocycles. The van der Waals surface area contributed by atoms with Crippen LogP contribution < -0.4 is 0 Å². The molecule has 88 valence electrons. The van der Waals surface area contributed by atoms with Crippen LogP contribution in [0, 0.1) is 0 Å². The van der Waals surface area contributed by atoms with Gasteiger partial charge in [0, 0.05) is 28.2 Å². The first-order chi connectivity index (χ1) is 8.43. The third kappa shape index (κ3) is 2.69. The molecule has 0 amide bonds. The van der Waals surface area contributed by atoms with E-state index in [1.807, 2.05) is 17.8 Å². The largest absolute Gasteiger partial charge is 0.240 e. The number of thioether (sulfide) groups is 2. The van der Waals surface area contributed by atoms with E-state index < -0.39 is 0 Å². The lowest BCUT2D eigenvalue weighted by Gasteiger charge is -2.18. The number of hydrogen-bond acceptors (Lipinski definition) is 4. The second-order valence-electron chi connectivity index (χ2n) is 3.87. The van der Waals surface area contributed by atoms with Crippen LogP contribution in [0.25, 0.3) is 11.3 Å². The molecule has 1 aliphatic heterocycles. The Bertz CT molecular complexity index is 474. The fraction of sp³-hybridized carbons (Fsp3) is 0.308. The van der Waals surface area contributed by atoms with Crippen molar-refractivity contribution < 1.29 is 0 Å². The van der Waals surface area contributed by atoms with Gasteiger partial charge in [-0.25, -0.2) is 4.98 Å². The van der Waals surface area contributed by atoms with Gasteiger partial charge in [-0.05, 0) is 0 Å². The van der Waals surface area contributed by atoms with Crippen molar-refractivity contribution in [2.75, 3.05) is 17.3 Å². The van der Waals surface area contributed by atoms with Gasteiger partial charge in [0.05, 0.1) is 10.9 Å². The van der Waals surface area contributed by atoms with E-state index in [1.54, 1.807) is 11.3 Å². The normalized spacial score (nSPS) is 20.4. The van der Waals surface area contributed by atoms with Gasteiger partial charge in [0.25, 0.3) is 0 Å². The van der Waals surface area contributed by atoms with Crippen molar-refractivity contribution in [1.29, 1.82) is 0 Å². The Hall–Kier alpha value is -0.450. The van der Waals surface area contributed by atoms with Crippen LogP contribution in [0.4, 0.5) is 0 Å². The minimum atomic E-state index is 0.608. The highest BCUT2D eigenvalue weighted by Crippen LogP contribution is 2.39. The molecule has 0 N–H and O–H groups in total. The number of hydrogen-bond donors (Lipinski definition) is 0. The van der Waals surface area contributed by atoms with E-state index in [-0.39, 0.29) is 0 Å². The summed E-state index contributed by atoms with van der Waals surface area (Å²) in [6, 6.07) is 10.4. The maximum Gasteiger partial charge on any atom is 0.107 e. The van der Waals surface area contributed by atoms with Gasteiger partial charge in [0.15, 0.2) is 0 Å². The van der Waals surface area contributed by atoms with E-state index in [1.165, 1.54) is 27.8 Å². The molecule has 1 aromatic carbocycles. The summed E-state index contributed by atoms with van der Waals surface area (Å²) < 4.78 is 0. The molecule has 0 radical (unpaired) electrons. The van der Waals surface area contributed by atoms with Crippen molar-refractivity contribution >= 4 is 34.9 Å². The van der Waals surface area contributed by atoms with Gasteiger partial charge in [0.2, 0.25) is 0 Å². The Morgan fingerprint density at radius 3 is 2.76 bits per heavy atom. The van der Waals surface area contributed by atoms with E-state index in [2.05, 4.69) is 41.4 Å². The fourth-order valence-electron chi connectivity index (χ4n) is 1.81. The lowest BCUT2D eigenvalue weighted by molar-refractivity contribution is 1.07. The van der Waals surface area contributed by atoms with Gasteiger partial charge < -0.3 is 0 Å². The Kier molecular flexibility index (Phi) is 3.74. The summed E-state index contributed by atoms with van der Waals surface area (Å²) in [5, 5.41) is 4.09. The third-order valence-electron chi connectivity index (χ3n) is 2.68. The molecule has 3 rings (SSSR count). The smallest absolute Gasteiger partial charge is 0.107 e. The monoisotopic (exact) mass is 279 g/mol. The first-order valence-electron chi connectivity index (χ1n) is 5.64. The van der Waals surface area contributed by atoms with Crippen molar-refractivity contribution in [2.24, 2.45) is 0 Å². The second-order valence-corrected chi connectivity index (χ2v) is 7.22. The highest BCUT2D eigenvalue weighted by molar-refractivity contribution is 8.06. The summed E-state index contributed by atoms with van der Waals surface area (Å²) in [6.45, 7) is 0. The Morgan fingerprint density at radius 2 is 2.00 bits per heavy atom. The van der Waals surface area contributed by atoms with Crippen LogP contribution in [0.15, 0.2) is 35.7 Å². The average molecular weight is 279 g/mol. The molecule has 1 aliphatic rings. The maximum absolute atomic E-state index is 4.79. The summed E-state index contributed by atoms with van der Waals surface area (Å²) in [5.74, 6) is 3.76. The van der Waals surface area contributed by atoms with Crippen molar-refractivity contribution in [3.63, 3.8) is 0 Å². The third-order valence-corrected chi connectivity index (χ3v) is 6.55. The molecule has 17 heavy (non-hydrogen) atoms. The van der Waals surface area contributed by atoms with Crippen LogP contribution in [0.2, 0.25) is 0 Å². The predicted molar refractivity (Wildman–Crippen MR) is 80.1 cm³/mol.